The first-order chi connectivity index (χ1) is 9.24. The van der Waals surface area contributed by atoms with Crippen LogP contribution in [0, 0.1) is 0 Å². The molecule has 0 fully saturated rings. The molecule has 0 spiro atoms. The number of nitrogens with one attached hydrogen (secondary N) is 1. The fraction of sp³-hybridized carbons (Fsp3) is 1.00. The number of unbranched alkanes of at least 4 members (excludes halogenated alkanes) is 1. The maximum absolute atomic E-state index is 9.82. The number of aliphatic hydroxyl groups is 1. The third kappa shape index (κ3) is 12.6. The first-order valence-corrected chi connectivity index (χ1v) is 7.81. The van der Waals surface area contributed by atoms with Crippen LogP contribution in [0.15, 0.2) is 0 Å². The standard InChI is InChI=1S/C15H33NO3/c1-4-7-9-14(8-5-2)16-12-15(17)13-19-11-10-18-6-3/h14-17H,4-13H2,1-3H3. The summed E-state index contributed by atoms with van der Waals surface area (Å²) < 4.78 is 10.5. The molecular formula is C15H33NO3. The van der Waals surface area contributed by atoms with Crippen LogP contribution in [-0.4, -0.2) is 50.2 Å². The van der Waals surface area contributed by atoms with Crippen molar-refractivity contribution in [3.63, 3.8) is 0 Å². The normalized spacial score (nSPS) is 14.5. The number of hydrogen-bond acceptors (Lipinski definition) is 4. The second kappa shape index (κ2) is 14.3. The Hall–Kier alpha value is -0.160. The van der Waals surface area contributed by atoms with Gasteiger partial charge in [0.1, 0.15) is 0 Å². The van der Waals surface area contributed by atoms with E-state index in [2.05, 4.69) is 19.2 Å². The molecule has 0 aliphatic heterocycles. The highest BCUT2D eigenvalue weighted by molar-refractivity contribution is 4.69. The van der Waals surface area contributed by atoms with E-state index in [1.54, 1.807) is 0 Å². The molecule has 0 radical (unpaired) electrons. The second-order valence-corrected chi connectivity index (χ2v) is 4.96. The van der Waals surface area contributed by atoms with Crippen LogP contribution in [0.4, 0.5) is 0 Å². The van der Waals surface area contributed by atoms with Crippen molar-refractivity contribution in [1.29, 1.82) is 0 Å². The smallest absolute Gasteiger partial charge is 0.0897 e. The molecule has 0 aromatic heterocycles. The summed E-state index contributed by atoms with van der Waals surface area (Å²) in [4.78, 5) is 0. The molecule has 0 amide bonds. The van der Waals surface area contributed by atoms with Gasteiger partial charge in [0.2, 0.25) is 0 Å². The Bertz CT molecular complexity index is 179. The van der Waals surface area contributed by atoms with Crippen LogP contribution in [0.5, 0.6) is 0 Å². The van der Waals surface area contributed by atoms with Gasteiger partial charge in [-0.05, 0) is 19.8 Å². The predicted molar refractivity (Wildman–Crippen MR) is 79.5 cm³/mol. The van der Waals surface area contributed by atoms with Crippen LogP contribution in [0.1, 0.15) is 52.9 Å². The molecule has 0 aliphatic carbocycles. The Morgan fingerprint density at radius 1 is 1.00 bits per heavy atom. The molecular weight excluding hydrogens is 242 g/mol. The van der Waals surface area contributed by atoms with E-state index in [1.165, 1.54) is 32.1 Å². The molecule has 19 heavy (non-hydrogen) atoms. The van der Waals surface area contributed by atoms with Crippen molar-refractivity contribution in [2.75, 3.05) is 33.0 Å². The van der Waals surface area contributed by atoms with Gasteiger partial charge >= 0.3 is 0 Å². The van der Waals surface area contributed by atoms with E-state index in [1.807, 2.05) is 6.92 Å². The molecule has 116 valence electrons. The Balaban J connectivity index is 3.57. The zero-order valence-electron chi connectivity index (χ0n) is 13.0. The molecule has 0 aliphatic rings. The maximum Gasteiger partial charge on any atom is 0.0897 e. The van der Waals surface area contributed by atoms with Gasteiger partial charge in [0, 0.05) is 19.2 Å². The lowest BCUT2D eigenvalue weighted by Gasteiger charge is -2.20. The topological polar surface area (TPSA) is 50.7 Å². The van der Waals surface area contributed by atoms with Gasteiger partial charge < -0.3 is 19.9 Å². The van der Waals surface area contributed by atoms with Gasteiger partial charge in [-0.3, -0.25) is 0 Å². The van der Waals surface area contributed by atoms with Crippen LogP contribution >= 0.6 is 0 Å². The van der Waals surface area contributed by atoms with Gasteiger partial charge in [-0.15, -0.1) is 0 Å². The molecule has 0 bridgehead atoms. The van der Waals surface area contributed by atoms with Gasteiger partial charge in [0.15, 0.2) is 0 Å². The van der Waals surface area contributed by atoms with E-state index >= 15 is 0 Å². The quantitative estimate of drug-likeness (QED) is 0.478. The van der Waals surface area contributed by atoms with Crippen molar-refractivity contribution < 1.29 is 14.6 Å². The summed E-state index contributed by atoms with van der Waals surface area (Å²) in [6, 6.07) is 0.531. The SMILES string of the molecule is CCCCC(CCC)NCC(O)COCCOCC. The van der Waals surface area contributed by atoms with Crippen molar-refractivity contribution in [3.05, 3.63) is 0 Å². The minimum Gasteiger partial charge on any atom is -0.389 e. The van der Waals surface area contributed by atoms with E-state index in [-0.39, 0.29) is 0 Å². The number of ether oxygens (including phenoxy) is 2. The zero-order chi connectivity index (χ0) is 14.3. The molecule has 0 saturated heterocycles. The van der Waals surface area contributed by atoms with Crippen LogP contribution in [0.3, 0.4) is 0 Å². The highest BCUT2D eigenvalue weighted by Crippen LogP contribution is 2.06. The molecule has 2 unspecified atom stereocenters. The van der Waals surface area contributed by atoms with E-state index in [0.717, 1.165) is 0 Å². The molecule has 4 heteroatoms. The minimum atomic E-state index is -0.428. The van der Waals surface area contributed by atoms with Gasteiger partial charge in [0.25, 0.3) is 0 Å². The molecule has 2 atom stereocenters. The summed E-state index contributed by atoms with van der Waals surface area (Å²) in [6.45, 7) is 9.24. The molecule has 0 aromatic carbocycles. The third-order valence-corrected chi connectivity index (χ3v) is 3.07. The minimum absolute atomic E-state index is 0.382. The summed E-state index contributed by atoms with van der Waals surface area (Å²) >= 11 is 0. The van der Waals surface area contributed by atoms with Crippen LogP contribution in [0.25, 0.3) is 0 Å². The van der Waals surface area contributed by atoms with Crippen molar-refractivity contribution >= 4 is 0 Å². The van der Waals surface area contributed by atoms with E-state index in [9.17, 15) is 5.11 Å². The molecule has 4 nitrogen and oxygen atoms in total. The van der Waals surface area contributed by atoms with Crippen molar-refractivity contribution in [2.24, 2.45) is 0 Å². The van der Waals surface area contributed by atoms with E-state index in [4.69, 9.17) is 9.47 Å². The van der Waals surface area contributed by atoms with Crippen LogP contribution in [0.2, 0.25) is 0 Å². The van der Waals surface area contributed by atoms with Crippen molar-refractivity contribution in [1.82, 2.24) is 5.32 Å². The Kier molecular flexibility index (Phi) is 14.1. The van der Waals surface area contributed by atoms with Gasteiger partial charge in [0.05, 0.1) is 25.9 Å². The highest BCUT2D eigenvalue weighted by atomic mass is 16.5. The number of hydrogen-bond donors (Lipinski definition) is 2. The summed E-state index contributed by atoms with van der Waals surface area (Å²) in [7, 11) is 0. The lowest BCUT2D eigenvalue weighted by molar-refractivity contribution is 0.00556. The molecule has 0 heterocycles. The van der Waals surface area contributed by atoms with Crippen LogP contribution in [-0.2, 0) is 9.47 Å². The lowest BCUT2D eigenvalue weighted by Crippen LogP contribution is -2.37. The third-order valence-electron chi connectivity index (χ3n) is 3.07. The molecule has 0 aromatic rings. The first-order valence-electron chi connectivity index (χ1n) is 7.81. The van der Waals surface area contributed by atoms with Crippen LogP contribution < -0.4 is 5.32 Å². The monoisotopic (exact) mass is 275 g/mol. The van der Waals surface area contributed by atoms with E-state index in [0.29, 0.717) is 39.0 Å². The molecule has 2 N–H and O–H groups in total. The fourth-order valence-electron chi connectivity index (χ4n) is 1.99. The van der Waals surface area contributed by atoms with Crippen molar-refractivity contribution in [3.8, 4) is 0 Å². The van der Waals surface area contributed by atoms with Gasteiger partial charge in [-0.2, -0.15) is 0 Å². The lowest BCUT2D eigenvalue weighted by atomic mass is 10.1. The summed E-state index contributed by atoms with van der Waals surface area (Å²) in [5.74, 6) is 0. The summed E-state index contributed by atoms with van der Waals surface area (Å²) in [5.41, 5.74) is 0. The Morgan fingerprint density at radius 3 is 2.37 bits per heavy atom. The Morgan fingerprint density at radius 2 is 1.74 bits per heavy atom. The number of rotatable bonds is 14. The average Bonchev–Trinajstić information content (AvgIpc) is 2.41. The Labute approximate surface area is 118 Å². The second-order valence-electron chi connectivity index (χ2n) is 4.96. The van der Waals surface area contributed by atoms with Gasteiger partial charge in [-0.1, -0.05) is 33.1 Å². The summed E-state index contributed by atoms with van der Waals surface area (Å²) in [5, 5.41) is 13.3. The zero-order valence-corrected chi connectivity index (χ0v) is 13.0. The predicted octanol–water partition coefficient (Wildman–Crippen LogP) is 2.35. The highest BCUT2D eigenvalue weighted by Gasteiger charge is 2.10. The average molecular weight is 275 g/mol. The van der Waals surface area contributed by atoms with Gasteiger partial charge in [-0.25, -0.2) is 0 Å². The van der Waals surface area contributed by atoms with Crippen molar-refractivity contribution in [2.45, 2.75) is 65.0 Å². The molecule has 0 rings (SSSR count). The van der Waals surface area contributed by atoms with E-state index < -0.39 is 6.10 Å². The number of aliphatic hydroxyl groups excluding tert-OH is 1. The first kappa shape index (κ1) is 18.8. The summed E-state index contributed by atoms with van der Waals surface area (Å²) in [6.07, 6.45) is 5.61. The fourth-order valence-corrected chi connectivity index (χ4v) is 1.99. The largest absolute Gasteiger partial charge is 0.389 e. The molecule has 0 saturated carbocycles. The maximum atomic E-state index is 9.82.